The number of nitrogens with zero attached hydrogens (tertiary/aromatic N) is 2. The number of aryl methyl sites for hydroxylation is 1. The Morgan fingerprint density at radius 2 is 2.19 bits per heavy atom. The molecule has 4 heteroatoms. The van der Waals surface area contributed by atoms with Crippen molar-refractivity contribution in [3.8, 4) is 6.07 Å². The number of carbonyl (C=O) groups is 1. The van der Waals surface area contributed by atoms with Crippen LogP contribution in [0.25, 0.3) is 0 Å². The monoisotopic (exact) mass is 218 g/mol. The Bertz CT molecular complexity index is 422. The van der Waals surface area contributed by atoms with Crippen molar-refractivity contribution < 1.29 is 9.21 Å². The van der Waals surface area contributed by atoms with Gasteiger partial charge in [0, 0.05) is 19.0 Å². The van der Waals surface area contributed by atoms with Gasteiger partial charge in [-0.2, -0.15) is 5.26 Å². The molecule has 4 nitrogen and oxygen atoms in total. The van der Waals surface area contributed by atoms with Crippen LogP contribution < -0.4 is 0 Å². The molecule has 0 N–H and O–H groups in total. The summed E-state index contributed by atoms with van der Waals surface area (Å²) < 4.78 is 5.30. The number of carbonyl (C=O) groups excluding carboxylic acids is 1. The molecule has 0 saturated carbocycles. The topological polar surface area (TPSA) is 57.2 Å². The minimum atomic E-state index is -0.0653. The van der Waals surface area contributed by atoms with E-state index in [1.165, 1.54) is 0 Å². The van der Waals surface area contributed by atoms with Gasteiger partial charge in [-0.25, -0.2) is 0 Å². The second kappa shape index (κ2) is 4.40. The average molecular weight is 218 g/mol. The van der Waals surface area contributed by atoms with Crippen molar-refractivity contribution >= 4 is 5.91 Å². The number of piperidine rings is 1. The molecular formula is C12H14N2O2. The van der Waals surface area contributed by atoms with Gasteiger partial charge in [-0.3, -0.25) is 4.79 Å². The molecule has 2 rings (SSSR count). The van der Waals surface area contributed by atoms with E-state index in [2.05, 4.69) is 6.07 Å². The molecule has 1 saturated heterocycles. The van der Waals surface area contributed by atoms with Gasteiger partial charge in [0.25, 0.3) is 5.91 Å². The zero-order chi connectivity index (χ0) is 11.5. The van der Waals surface area contributed by atoms with Crippen LogP contribution in [-0.2, 0) is 0 Å². The summed E-state index contributed by atoms with van der Waals surface area (Å²) in [6, 6.07) is 5.74. The van der Waals surface area contributed by atoms with E-state index in [1.54, 1.807) is 17.0 Å². The van der Waals surface area contributed by atoms with Crippen LogP contribution >= 0.6 is 0 Å². The van der Waals surface area contributed by atoms with E-state index in [0.717, 1.165) is 18.6 Å². The smallest absolute Gasteiger partial charge is 0.289 e. The minimum absolute atomic E-state index is 0.0653. The zero-order valence-electron chi connectivity index (χ0n) is 9.27. The van der Waals surface area contributed by atoms with Gasteiger partial charge in [0.1, 0.15) is 5.76 Å². The lowest BCUT2D eigenvalue weighted by Crippen LogP contribution is -2.38. The lowest BCUT2D eigenvalue weighted by Gasteiger charge is -2.28. The van der Waals surface area contributed by atoms with Crippen LogP contribution in [0.4, 0.5) is 0 Å². The zero-order valence-corrected chi connectivity index (χ0v) is 9.27. The number of rotatable bonds is 1. The van der Waals surface area contributed by atoms with Gasteiger partial charge in [-0.15, -0.1) is 0 Å². The molecule has 16 heavy (non-hydrogen) atoms. The number of nitriles is 1. The quantitative estimate of drug-likeness (QED) is 0.724. The highest BCUT2D eigenvalue weighted by atomic mass is 16.3. The van der Waals surface area contributed by atoms with Gasteiger partial charge in [0.15, 0.2) is 5.76 Å². The summed E-state index contributed by atoms with van der Waals surface area (Å²) >= 11 is 0. The van der Waals surface area contributed by atoms with Crippen molar-refractivity contribution in [1.82, 2.24) is 4.90 Å². The number of furan rings is 1. The highest BCUT2D eigenvalue weighted by Gasteiger charge is 2.24. The molecule has 0 aliphatic carbocycles. The first-order valence-electron chi connectivity index (χ1n) is 5.46. The third-order valence-corrected chi connectivity index (χ3v) is 2.92. The molecule has 1 aromatic rings. The second-order valence-electron chi connectivity index (χ2n) is 4.11. The van der Waals surface area contributed by atoms with Crippen LogP contribution in [0.3, 0.4) is 0 Å². The molecule has 0 radical (unpaired) electrons. The molecule has 1 aromatic heterocycles. The van der Waals surface area contributed by atoms with Gasteiger partial charge >= 0.3 is 0 Å². The van der Waals surface area contributed by atoms with Gasteiger partial charge in [-0.1, -0.05) is 0 Å². The fourth-order valence-corrected chi connectivity index (χ4v) is 1.92. The van der Waals surface area contributed by atoms with Gasteiger partial charge in [0.05, 0.1) is 6.07 Å². The Balaban J connectivity index is 2.00. The molecule has 84 valence electrons. The summed E-state index contributed by atoms with van der Waals surface area (Å²) in [5.74, 6) is 1.18. The van der Waals surface area contributed by atoms with E-state index >= 15 is 0 Å². The molecule has 1 amide bonds. The molecule has 0 unspecified atom stereocenters. The minimum Gasteiger partial charge on any atom is -0.456 e. The highest BCUT2D eigenvalue weighted by molar-refractivity contribution is 5.91. The molecule has 1 aliphatic rings. The van der Waals surface area contributed by atoms with Crippen LogP contribution in [-0.4, -0.2) is 23.9 Å². The van der Waals surface area contributed by atoms with Gasteiger partial charge < -0.3 is 9.32 Å². The first-order chi connectivity index (χ1) is 7.70. The molecular weight excluding hydrogens is 204 g/mol. The first kappa shape index (κ1) is 10.7. The highest BCUT2D eigenvalue weighted by Crippen LogP contribution is 2.18. The van der Waals surface area contributed by atoms with Crippen LogP contribution in [0.5, 0.6) is 0 Å². The Morgan fingerprint density at radius 3 is 2.69 bits per heavy atom. The first-order valence-corrected chi connectivity index (χ1v) is 5.46. The lowest BCUT2D eigenvalue weighted by atomic mass is 9.98. The summed E-state index contributed by atoms with van der Waals surface area (Å²) in [6.45, 7) is 3.12. The number of amides is 1. The molecule has 1 aliphatic heterocycles. The van der Waals surface area contributed by atoms with E-state index in [-0.39, 0.29) is 11.8 Å². The van der Waals surface area contributed by atoms with Crippen LogP contribution in [0.15, 0.2) is 16.5 Å². The van der Waals surface area contributed by atoms with E-state index in [1.807, 2.05) is 6.92 Å². The summed E-state index contributed by atoms with van der Waals surface area (Å²) in [6.07, 6.45) is 1.53. The number of hydrogen-bond acceptors (Lipinski definition) is 3. The second-order valence-corrected chi connectivity index (χ2v) is 4.11. The Labute approximate surface area is 94.5 Å². The number of hydrogen-bond donors (Lipinski definition) is 0. The standard InChI is InChI=1S/C12H14N2O2/c1-9-2-3-11(16-9)12(15)14-6-4-10(8-13)5-7-14/h2-3,10H,4-7H2,1H3. The predicted octanol–water partition coefficient (Wildman–Crippen LogP) is 1.96. The summed E-state index contributed by atoms with van der Waals surface area (Å²) in [7, 11) is 0. The van der Waals surface area contributed by atoms with Gasteiger partial charge in [-0.05, 0) is 31.9 Å². The van der Waals surface area contributed by atoms with Gasteiger partial charge in [0.2, 0.25) is 0 Å². The maximum absolute atomic E-state index is 12.0. The average Bonchev–Trinajstić information content (AvgIpc) is 2.75. The number of likely N-dealkylation sites (tertiary alicyclic amines) is 1. The normalized spacial score (nSPS) is 17.1. The summed E-state index contributed by atoms with van der Waals surface area (Å²) in [5.41, 5.74) is 0. The Hall–Kier alpha value is -1.76. The van der Waals surface area contributed by atoms with Crippen molar-refractivity contribution in [1.29, 1.82) is 5.26 Å². The molecule has 0 spiro atoms. The van der Waals surface area contributed by atoms with Crippen molar-refractivity contribution in [3.05, 3.63) is 23.7 Å². The molecule has 0 atom stereocenters. The molecule has 0 bridgehead atoms. The van der Waals surface area contributed by atoms with Crippen LogP contribution in [0.2, 0.25) is 0 Å². The van der Waals surface area contributed by atoms with Crippen molar-refractivity contribution in [3.63, 3.8) is 0 Å². The van der Waals surface area contributed by atoms with Crippen molar-refractivity contribution in [2.45, 2.75) is 19.8 Å². The SMILES string of the molecule is Cc1ccc(C(=O)N2CCC(C#N)CC2)o1. The van der Waals surface area contributed by atoms with Crippen molar-refractivity contribution in [2.24, 2.45) is 5.92 Å². The Kier molecular flexibility index (Phi) is 2.95. The lowest BCUT2D eigenvalue weighted by molar-refractivity contribution is 0.0673. The third kappa shape index (κ3) is 2.08. The summed E-state index contributed by atoms with van der Waals surface area (Å²) in [5, 5.41) is 8.76. The molecule has 2 heterocycles. The fourth-order valence-electron chi connectivity index (χ4n) is 1.92. The van der Waals surface area contributed by atoms with Crippen molar-refractivity contribution in [2.75, 3.05) is 13.1 Å². The van der Waals surface area contributed by atoms with E-state index < -0.39 is 0 Å². The van der Waals surface area contributed by atoms with E-state index in [9.17, 15) is 4.79 Å². The third-order valence-electron chi connectivity index (χ3n) is 2.92. The molecule has 0 aromatic carbocycles. The predicted molar refractivity (Wildman–Crippen MR) is 57.7 cm³/mol. The van der Waals surface area contributed by atoms with E-state index in [0.29, 0.717) is 18.8 Å². The summed E-state index contributed by atoms with van der Waals surface area (Å²) in [4.78, 5) is 13.7. The van der Waals surface area contributed by atoms with E-state index in [4.69, 9.17) is 9.68 Å². The largest absolute Gasteiger partial charge is 0.456 e. The van der Waals surface area contributed by atoms with Crippen LogP contribution in [0.1, 0.15) is 29.2 Å². The fraction of sp³-hybridized carbons (Fsp3) is 0.500. The van der Waals surface area contributed by atoms with Crippen LogP contribution in [0, 0.1) is 24.2 Å². The molecule has 1 fully saturated rings. The maximum atomic E-state index is 12.0. The Morgan fingerprint density at radius 1 is 1.50 bits per heavy atom. The maximum Gasteiger partial charge on any atom is 0.289 e.